The maximum atomic E-state index is 3.63. The molecule has 16 heavy (non-hydrogen) atoms. The first-order valence-electron chi connectivity index (χ1n) is 7.41. The Kier molecular flexibility index (Phi) is 7.87. The summed E-state index contributed by atoms with van der Waals surface area (Å²) in [5.41, 5.74) is 0. The molecule has 2 heteroatoms. The smallest absolute Gasteiger partial charge is 0.00792 e. The van der Waals surface area contributed by atoms with Crippen LogP contribution in [0.25, 0.3) is 0 Å². The summed E-state index contributed by atoms with van der Waals surface area (Å²) < 4.78 is 0. The fourth-order valence-electron chi connectivity index (χ4n) is 2.69. The van der Waals surface area contributed by atoms with Crippen LogP contribution in [0, 0.1) is 0 Å². The summed E-state index contributed by atoms with van der Waals surface area (Å²) in [6.45, 7) is 9.29. The third-order valence-corrected chi connectivity index (χ3v) is 3.65. The molecule has 2 nitrogen and oxygen atoms in total. The Morgan fingerprint density at radius 2 is 1.75 bits per heavy atom. The highest BCUT2D eigenvalue weighted by atomic mass is 15.1. The van der Waals surface area contributed by atoms with Crippen molar-refractivity contribution in [3.8, 4) is 0 Å². The lowest BCUT2D eigenvalue weighted by molar-refractivity contribution is 0.211. The highest BCUT2D eigenvalue weighted by Crippen LogP contribution is 2.13. The molecule has 2 rings (SSSR count). The molecule has 1 unspecified atom stereocenters. The quantitative estimate of drug-likeness (QED) is 0.796. The van der Waals surface area contributed by atoms with Gasteiger partial charge in [-0.1, -0.05) is 26.7 Å². The van der Waals surface area contributed by atoms with E-state index in [2.05, 4.69) is 10.2 Å². The van der Waals surface area contributed by atoms with E-state index in [9.17, 15) is 0 Å². The molecule has 2 heterocycles. The largest absolute Gasteiger partial charge is 0.314 e. The molecule has 0 amide bonds. The molecule has 96 valence electrons. The Labute approximate surface area is 102 Å². The lowest BCUT2D eigenvalue weighted by Crippen LogP contribution is -2.38. The highest BCUT2D eigenvalue weighted by molar-refractivity contribution is 4.74. The van der Waals surface area contributed by atoms with Crippen molar-refractivity contribution in [1.29, 1.82) is 0 Å². The van der Waals surface area contributed by atoms with Crippen LogP contribution in [0.2, 0.25) is 0 Å². The van der Waals surface area contributed by atoms with Gasteiger partial charge in [0.1, 0.15) is 0 Å². The SMILES string of the molecule is C1CCN(CCC2CCCCN2)CC1.CC. The van der Waals surface area contributed by atoms with Crippen LogP contribution in [0.15, 0.2) is 0 Å². The molecule has 2 fully saturated rings. The topological polar surface area (TPSA) is 15.3 Å². The van der Waals surface area contributed by atoms with Crippen molar-refractivity contribution in [2.24, 2.45) is 0 Å². The molecule has 0 aromatic heterocycles. The highest BCUT2D eigenvalue weighted by Gasteiger charge is 2.15. The maximum Gasteiger partial charge on any atom is 0.00792 e. The van der Waals surface area contributed by atoms with Crippen molar-refractivity contribution >= 4 is 0 Å². The van der Waals surface area contributed by atoms with Gasteiger partial charge in [-0.25, -0.2) is 0 Å². The van der Waals surface area contributed by atoms with Gasteiger partial charge in [0, 0.05) is 6.04 Å². The zero-order chi connectivity index (χ0) is 11.6. The molecule has 0 spiro atoms. The molecule has 1 atom stereocenters. The Hall–Kier alpha value is -0.0800. The molecule has 2 aliphatic heterocycles. The minimum absolute atomic E-state index is 0.825. The summed E-state index contributed by atoms with van der Waals surface area (Å²) in [5, 5.41) is 3.63. The van der Waals surface area contributed by atoms with E-state index in [0.717, 1.165) is 6.04 Å². The lowest BCUT2D eigenvalue weighted by atomic mass is 10.0. The maximum absolute atomic E-state index is 3.63. The van der Waals surface area contributed by atoms with E-state index >= 15 is 0 Å². The predicted octanol–water partition coefficient (Wildman–Crippen LogP) is 3.03. The van der Waals surface area contributed by atoms with Gasteiger partial charge in [0.05, 0.1) is 0 Å². The monoisotopic (exact) mass is 226 g/mol. The normalized spacial score (nSPS) is 27.0. The third kappa shape index (κ3) is 5.31. The standard InChI is InChI=1S/C12H24N2.C2H6/c1-4-9-14(10-5-1)11-7-12-6-2-3-8-13-12;1-2/h12-13H,1-11H2;1-2H3. The van der Waals surface area contributed by atoms with Gasteiger partial charge >= 0.3 is 0 Å². The molecule has 1 N–H and O–H groups in total. The zero-order valence-electron chi connectivity index (χ0n) is 11.3. The van der Waals surface area contributed by atoms with Crippen molar-refractivity contribution in [3.05, 3.63) is 0 Å². The third-order valence-electron chi connectivity index (χ3n) is 3.65. The second kappa shape index (κ2) is 9.00. The van der Waals surface area contributed by atoms with Gasteiger partial charge in [-0.3, -0.25) is 0 Å². The molecule has 0 aromatic rings. The van der Waals surface area contributed by atoms with Crippen molar-refractivity contribution in [2.45, 2.75) is 64.8 Å². The summed E-state index contributed by atoms with van der Waals surface area (Å²) in [5.74, 6) is 0. The van der Waals surface area contributed by atoms with Crippen molar-refractivity contribution in [3.63, 3.8) is 0 Å². The van der Waals surface area contributed by atoms with Gasteiger partial charge in [-0.2, -0.15) is 0 Å². The van der Waals surface area contributed by atoms with E-state index in [1.165, 1.54) is 71.1 Å². The minimum Gasteiger partial charge on any atom is -0.314 e. The van der Waals surface area contributed by atoms with Gasteiger partial charge in [0.2, 0.25) is 0 Å². The average Bonchev–Trinajstić information content (AvgIpc) is 2.41. The minimum atomic E-state index is 0.825. The summed E-state index contributed by atoms with van der Waals surface area (Å²) in [7, 11) is 0. The number of piperidine rings is 2. The molecular formula is C14H30N2. The number of hydrogen-bond donors (Lipinski definition) is 1. The Morgan fingerprint density at radius 1 is 1.00 bits per heavy atom. The summed E-state index contributed by atoms with van der Waals surface area (Å²) >= 11 is 0. The number of likely N-dealkylation sites (tertiary alicyclic amines) is 1. The fourth-order valence-corrected chi connectivity index (χ4v) is 2.69. The van der Waals surface area contributed by atoms with Crippen LogP contribution in [-0.4, -0.2) is 37.1 Å². The van der Waals surface area contributed by atoms with Gasteiger partial charge in [-0.05, 0) is 58.3 Å². The molecule has 0 aromatic carbocycles. The first-order valence-corrected chi connectivity index (χ1v) is 7.41. The molecule has 0 radical (unpaired) electrons. The van der Waals surface area contributed by atoms with Crippen molar-refractivity contribution in [2.75, 3.05) is 26.2 Å². The van der Waals surface area contributed by atoms with Crippen molar-refractivity contribution < 1.29 is 0 Å². The molecular weight excluding hydrogens is 196 g/mol. The first kappa shape index (κ1) is 14.0. The fraction of sp³-hybridized carbons (Fsp3) is 1.00. The predicted molar refractivity (Wildman–Crippen MR) is 71.9 cm³/mol. The van der Waals surface area contributed by atoms with Gasteiger partial charge in [0.15, 0.2) is 0 Å². The molecule has 2 aliphatic rings. The second-order valence-corrected chi connectivity index (χ2v) is 4.84. The van der Waals surface area contributed by atoms with Crippen LogP contribution in [-0.2, 0) is 0 Å². The van der Waals surface area contributed by atoms with Gasteiger partial charge in [-0.15, -0.1) is 0 Å². The van der Waals surface area contributed by atoms with E-state index in [1.54, 1.807) is 0 Å². The van der Waals surface area contributed by atoms with E-state index in [1.807, 2.05) is 13.8 Å². The summed E-state index contributed by atoms with van der Waals surface area (Å²) in [6.07, 6.45) is 9.93. The second-order valence-electron chi connectivity index (χ2n) is 4.84. The number of nitrogens with one attached hydrogen (secondary N) is 1. The molecule has 0 bridgehead atoms. The number of nitrogens with zero attached hydrogens (tertiary/aromatic N) is 1. The van der Waals surface area contributed by atoms with E-state index in [4.69, 9.17) is 0 Å². The summed E-state index contributed by atoms with van der Waals surface area (Å²) in [6, 6.07) is 0.825. The molecule has 0 saturated carbocycles. The van der Waals surface area contributed by atoms with Crippen LogP contribution < -0.4 is 5.32 Å². The molecule has 0 aliphatic carbocycles. The number of hydrogen-bond acceptors (Lipinski definition) is 2. The average molecular weight is 226 g/mol. The van der Waals surface area contributed by atoms with Crippen molar-refractivity contribution in [1.82, 2.24) is 10.2 Å². The first-order chi connectivity index (χ1) is 7.95. The van der Waals surface area contributed by atoms with Gasteiger partial charge in [0.25, 0.3) is 0 Å². The van der Waals surface area contributed by atoms with Crippen LogP contribution >= 0.6 is 0 Å². The van der Waals surface area contributed by atoms with E-state index in [-0.39, 0.29) is 0 Å². The Bertz CT molecular complexity index is 129. The Balaban J connectivity index is 0.000000606. The Morgan fingerprint density at radius 3 is 2.38 bits per heavy atom. The number of rotatable bonds is 3. The lowest BCUT2D eigenvalue weighted by Gasteiger charge is -2.30. The van der Waals surface area contributed by atoms with E-state index < -0.39 is 0 Å². The van der Waals surface area contributed by atoms with Crippen LogP contribution in [0.1, 0.15) is 58.8 Å². The zero-order valence-corrected chi connectivity index (χ0v) is 11.3. The van der Waals surface area contributed by atoms with E-state index in [0.29, 0.717) is 0 Å². The van der Waals surface area contributed by atoms with Gasteiger partial charge < -0.3 is 10.2 Å². The summed E-state index contributed by atoms with van der Waals surface area (Å²) in [4.78, 5) is 2.65. The molecule has 2 saturated heterocycles. The van der Waals surface area contributed by atoms with Crippen LogP contribution in [0.5, 0.6) is 0 Å². The van der Waals surface area contributed by atoms with Crippen LogP contribution in [0.4, 0.5) is 0 Å². The van der Waals surface area contributed by atoms with Crippen LogP contribution in [0.3, 0.4) is 0 Å².